The lowest BCUT2D eigenvalue weighted by molar-refractivity contribution is 0.921. The van der Waals surface area contributed by atoms with E-state index in [2.05, 4.69) is 23.3 Å². The maximum Gasteiger partial charge on any atom is 0.0502 e. The van der Waals surface area contributed by atoms with Crippen molar-refractivity contribution in [3.63, 3.8) is 0 Å². The number of dihydropyridines is 1. The molecule has 0 aromatic carbocycles. The molecule has 0 saturated heterocycles. The van der Waals surface area contributed by atoms with Gasteiger partial charge in [-0.15, -0.1) is 0 Å². The zero-order valence-corrected chi connectivity index (χ0v) is 5.88. The molecule has 1 rings (SSSR count). The van der Waals surface area contributed by atoms with E-state index in [4.69, 9.17) is 0 Å². The van der Waals surface area contributed by atoms with Crippen LogP contribution in [0.4, 0.5) is 0 Å². The number of aliphatic imine (C=N–C) groups is 2. The third-order valence-electron chi connectivity index (χ3n) is 1.45. The summed E-state index contributed by atoms with van der Waals surface area (Å²) in [5.74, 6) is 0. The largest absolute Gasteiger partial charge is 0.292 e. The van der Waals surface area contributed by atoms with Crippen molar-refractivity contribution in [2.45, 2.75) is 6.42 Å². The third-order valence-corrected chi connectivity index (χ3v) is 1.45. The molecular weight excluding hydrogens is 124 g/mol. The molecular formula is C8H10N2. The van der Waals surface area contributed by atoms with Crippen LogP contribution in [-0.2, 0) is 0 Å². The second-order valence-corrected chi connectivity index (χ2v) is 2.05. The number of allylic oxidation sites excluding steroid dienone is 2. The smallest absolute Gasteiger partial charge is 0.0502 e. The van der Waals surface area contributed by atoms with Gasteiger partial charge in [0.1, 0.15) is 0 Å². The van der Waals surface area contributed by atoms with Crippen molar-refractivity contribution in [1.82, 2.24) is 0 Å². The molecule has 52 valence electrons. The van der Waals surface area contributed by atoms with Crippen molar-refractivity contribution in [3.8, 4) is 0 Å². The van der Waals surface area contributed by atoms with Crippen LogP contribution in [-0.4, -0.2) is 19.5 Å². The van der Waals surface area contributed by atoms with Crippen molar-refractivity contribution in [1.29, 1.82) is 0 Å². The van der Waals surface area contributed by atoms with E-state index >= 15 is 0 Å². The number of nitrogens with zero attached hydrogens (tertiary/aromatic N) is 2. The second-order valence-electron chi connectivity index (χ2n) is 2.05. The minimum atomic E-state index is 0.825. The fraction of sp³-hybridized carbons (Fsp3) is 0.250. The summed E-state index contributed by atoms with van der Waals surface area (Å²) >= 11 is 0. The highest BCUT2D eigenvalue weighted by molar-refractivity contribution is 5.84. The molecule has 0 atom stereocenters. The van der Waals surface area contributed by atoms with Gasteiger partial charge in [-0.1, -0.05) is 12.7 Å². The van der Waals surface area contributed by atoms with Crippen LogP contribution < -0.4 is 0 Å². The Morgan fingerprint density at radius 3 is 3.00 bits per heavy atom. The van der Waals surface area contributed by atoms with Crippen LogP contribution >= 0.6 is 0 Å². The average Bonchev–Trinajstić information content (AvgIpc) is 2.04. The van der Waals surface area contributed by atoms with Gasteiger partial charge in [0.15, 0.2) is 0 Å². The molecule has 0 amide bonds. The van der Waals surface area contributed by atoms with Crippen molar-refractivity contribution < 1.29 is 0 Å². The van der Waals surface area contributed by atoms with Gasteiger partial charge in [-0.2, -0.15) is 0 Å². The Labute approximate surface area is 60.7 Å². The van der Waals surface area contributed by atoms with Gasteiger partial charge < -0.3 is 0 Å². The van der Waals surface area contributed by atoms with Crippen LogP contribution in [0, 0.1) is 0 Å². The molecule has 0 unspecified atom stereocenters. The average molecular weight is 134 g/mol. The summed E-state index contributed by atoms with van der Waals surface area (Å²) in [6.07, 6.45) is 4.44. The van der Waals surface area contributed by atoms with E-state index < -0.39 is 0 Å². The van der Waals surface area contributed by atoms with Gasteiger partial charge in [0.2, 0.25) is 0 Å². The molecule has 2 nitrogen and oxygen atoms in total. The van der Waals surface area contributed by atoms with Crippen LogP contribution in [0.25, 0.3) is 0 Å². The standard InChI is InChI=1S/C8H10N2/c1-3-7-6-10-5-4-8(7)9-2/h3,6H,1-2,4-5H2. The zero-order valence-electron chi connectivity index (χ0n) is 5.88. The van der Waals surface area contributed by atoms with Gasteiger partial charge in [-0.25, -0.2) is 0 Å². The van der Waals surface area contributed by atoms with E-state index in [1.807, 2.05) is 0 Å². The minimum absolute atomic E-state index is 0.825. The van der Waals surface area contributed by atoms with E-state index in [-0.39, 0.29) is 0 Å². The Morgan fingerprint density at radius 2 is 2.50 bits per heavy atom. The molecule has 0 N–H and O–H groups in total. The molecule has 1 heterocycles. The first-order valence-electron chi connectivity index (χ1n) is 3.20. The Balaban J connectivity index is 2.94. The Bertz CT molecular complexity index is 211. The highest BCUT2D eigenvalue weighted by Crippen LogP contribution is 2.13. The first-order valence-corrected chi connectivity index (χ1v) is 3.20. The molecule has 0 fully saturated rings. The van der Waals surface area contributed by atoms with Crippen molar-refractivity contribution in [2.24, 2.45) is 9.98 Å². The summed E-state index contributed by atoms with van der Waals surface area (Å²) in [5, 5.41) is 0. The topological polar surface area (TPSA) is 24.7 Å². The van der Waals surface area contributed by atoms with Crippen LogP contribution in [0.5, 0.6) is 0 Å². The summed E-state index contributed by atoms with van der Waals surface area (Å²) in [6.45, 7) is 7.94. The zero-order chi connectivity index (χ0) is 7.40. The van der Waals surface area contributed by atoms with Crippen LogP contribution in [0.1, 0.15) is 6.42 Å². The van der Waals surface area contributed by atoms with Crippen LogP contribution in [0.3, 0.4) is 0 Å². The van der Waals surface area contributed by atoms with Gasteiger partial charge in [0.05, 0.1) is 5.70 Å². The van der Waals surface area contributed by atoms with Crippen LogP contribution in [0.15, 0.2) is 33.9 Å². The maximum atomic E-state index is 4.09. The van der Waals surface area contributed by atoms with E-state index in [0.717, 1.165) is 24.2 Å². The minimum Gasteiger partial charge on any atom is -0.292 e. The normalized spacial score (nSPS) is 17.2. The lowest BCUT2D eigenvalue weighted by Gasteiger charge is -2.06. The summed E-state index contributed by atoms with van der Waals surface area (Å²) in [6, 6.07) is 0. The van der Waals surface area contributed by atoms with Gasteiger partial charge in [-0.05, 0) is 6.72 Å². The molecule has 0 spiro atoms. The molecule has 0 saturated carbocycles. The van der Waals surface area contributed by atoms with Crippen molar-refractivity contribution >= 4 is 12.9 Å². The van der Waals surface area contributed by atoms with Crippen molar-refractivity contribution in [2.75, 3.05) is 6.54 Å². The molecule has 0 aromatic rings. The molecule has 1 aliphatic heterocycles. The number of rotatable bonds is 2. The summed E-state index contributed by atoms with van der Waals surface area (Å²) in [7, 11) is 0. The Hall–Kier alpha value is -1.18. The molecule has 10 heavy (non-hydrogen) atoms. The number of hydrogen-bond donors (Lipinski definition) is 0. The third kappa shape index (κ3) is 1.21. The molecule has 0 radical (unpaired) electrons. The van der Waals surface area contributed by atoms with E-state index in [1.165, 1.54) is 0 Å². The lowest BCUT2D eigenvalue weighted by atomic mass is 10.1. The fourth-order valence-electron chi connectivity index (χ4n) is 0.893. The summed E-state index contributed by atoms with van der Waals surface area (Å²) < 4.78 is 0. The van der Waals surface area contributed by atoms with Gasteiger partial charge in [-0.3, -0.25) is 9.98 Å². The summed E-state index contributed by atoms with van der Waals surface area (Å²) in [4.78, 5) is 7.95. The van der Waals surface area contributed by atoms with E-state index in [1.54, 1.807) is 12.3 Å². The predicted molar refractivity (Wildman–Crippen MR) is 44.7 cm³/mol. The van der Waals surface area contributed by atoms with Crippen LogP contribution in [0.2, 0.25) is 0 Å². The fourth-order valence-corrected chi connectivity index (χ4v) is 0.893. The first-order chi connectivity index (χ1) is 4.88. The molecule has 0 bridgehead atoms. The lowest BCUT2D eigenvalue weighted by Crippen LogP contribution is -1.97. The molecule has 2 heteroatoms. The van der Waals surface area contributed by atoms with E-state index in [9.17, 15) is 0 Å². The highest BCUT2D eigenvalue weighted by atomic mass is 14.8. The van der Waals surface area contributed by atoms with Gasteiger partial charge >= 0.3 is 0 Å². The molecule has 0 aromatic heterocycles. The maximum absolute atomic E-state index is 4.09. The van der Waals surface area contributed by atoms with Gasteiger partial charge in [0, 0.05) is 24.8 Å². The molecule has 0 aliphatic carbocycles. The monoisotopic (exact) mass is 134 g/mol. The quantitative estimate of drug-likeness (QED) is 0.512. The Kier molecular flexibility index (Phi) is 2.15. The SMILES string of the molecule is C=CC1=C(N=C)CCN=C1. The molecule has 1 aliphatic rings. The number of hydrogen-bond acceptors (Lipinski definition) is 2. The summed E-state index contributed by atoms with van der Waals surface area (Å²) in [5.41, 5.74) is 2.01. The highest BCUT2D eigenvalue weighted by Gasteiger charge is 2.02. The van der Waals surface area contributed by atoms with Crippen molar-refractivity contribution in [3.05, 3.63) is 23.9 Å². The predicted octanol–water partition coefficient (Wildman–Crippen LogP) is 1.60. The second kappa shape index (κ2) is 3.11. The van der Waals surface area contributed by atoms with E-state index in [0.29, 0.717) is 0 Å². The first kappa shape index (κ1) is 6.93. The Morgan fingerprint density at radius 1 is 1.70 bits per heavy atom. The van der Waals surface area contributed by atoms with Gasteiger partial charge in [0.25, 0.3) is 0 Å².